The lowest BCUT2D eigenvalue weighted by Crippen LogP contribution is -2.45. The summed E-state index contributed by atoms with van der Waals surface area (Å²) in [5.41, 5.74) is -1.24. The molecule has 19 heavy (non-hydrogen) atoms. The van der Waals surface area contributed by atoms with E-state index in [0.29, 0.717) is 18.8 Å². The van der Waals surface area contributed by atoms with Crippen LogP contribution in [0.2, 0.25) is 0 Å². The first kappa shape index (κ1) is 15.5. The Balaban J connectivity index is 2.87. The Labute approximate surface area is 114 Å². The van der Waals surface area contributed by atoms with Crippen molar-refractivity contribution in [3.63, 3.8) is 0 Å². The van der Waals surface area contributed by atoms with Crippen LogP contribution in [0.5, 0.6) is 0 Å². The quantitative estimate of drug-likeness (QED) is 0.727. The van der Waals surface area contributed by atoms with E-state index in [9.17, 15) is 15.3 Å². The highest BCUT2D eigenvalue weighted by molar-refractivity contribution is 5.70. The molecule has 0 aromatic carbocycles. The van der Waals surface area contributed by atoms with Gasteiger partial charge in [0.15, 0.2) is 5.41 Å². The van der Waals surface area contributed by atoms with E-state index < -0.39 is 17.5 Å². The van der Waals surface area contributed by atoms with Crippen molar-refractivity contribution in [3.05, 3.63) is 0 Å². The van der Waals surface area contributed by atoms with Crippen LogP contribution in [0.1, 0.15) is 40.0 Å². The third-order valence-corrected chi connectivity index (χ3v) is 3.51. The topological polar surface area (TPSA) is 83.1 Å². The molecule has 2 atom stereocenters. The minimum absolute atomic E-state index is 0.0192. The molecule has 0 bridgehead atoms. The predicted molar refractivity (Wildman–Crippen MR) is 67.6 cm³/mol. The standard InChI is InChI=1S/C14H20N2O3/c1-4-18-13(17)7-12-14(8-15,9-16)6-5-11(19-12)10(2)3/h10-12H,4-7H2,1-3H3/t11-,12-/m1/s1. The normalized spacial score (nSPS) is 25.4. The summed E-state index contributed by atoms with van der Waals surface area (Å²) in [7, 11) is 0. The largest absolute Gasteiger partial charge is 0.466 e. The molecule has 0 saturated carbocycles. The number of carbonyl (C=O) groups excluding carboxylic acids is 1. The number of hydrogen-bond acceptors (Lipinski definition) is 5. The zero-order valence-corrected chi connectivity index (χ0v) is 11.7. The van der Waals surface area contributed by atoms with Gasteiger partial charge in [0.2, 0.25) is 0 Å². The smallest absolute Gasteiger partial charge is 0.308 e. The van der Waals surface area contributed by atoms with Crippen LogP contribution in [-0.4, -0.2) is 24.8 Å². The number of ether oxygens (including phenoxy) is 2. The van der Waals surface area contributed by atoms with Gasteiger partial charge in [-0.2, -0.15) is 10.5 Å². The molecule has 1 aliphatic rings. The van der Waals surface area contributed by atoms with E-state index in [2.05, 4.69) is 0 Å². The number of esters is 1. The number of nitriles is 2. The lowest BCUT2D eigenvalue weighted by atomic mass is 9.75. The van der Waals surface area contributed by atoms with Crippen LogP contribution in [0, 0.1) is 34.0 Å². The molecule has 0 radical (unpaired) electrons. The van der Waals surface area contributed by atoms with Gasteiger partial charge in [-0.25, -0.2) is 0 Å². The van der Waals surface area contributed by atoms with Crippen molar-refractivity contribution in [2.24, 2.45) is 11.3 Å². The summed E-state index contributed by atoms with van der Waals surface area (Å²) in [6.07, 6.45) is 0.334. The lowest BCUT2D eigenvalue weighted by Gasteiger charge is -2.39. The van der Waals surface area contributed by atoms with Crippen LogP contribution in [0.3, 0.4) is 0 Å². The molecule has 1 rings (SSSR count). The van der Waals surface area contributed by atoms with Crippen molar-refractivity contribution < 1.29 is 14.3 Å². The molecule has 0 aromatic heterocycles. The van der Waals surface area contributed by atoms with Crippen LogP contribution in [0.25, 0.3) is 0 Å². The summed E-state index contributed by atoms with van der Waals surface area (Å²) in [6.45, 7) is 6.05. The highest BCUT2D eigenvalue weighted by atomic mass is 16.5. The third-order valence-electron chi connectivity index (χ3n) is 3.51. The van der Waals surface area contributed by atoms with E-state index in [1.165, 1.54) is 0 Å². The highest BCUT2D eigenvalue weighted by Gasteiger charge is 2.47. The van der Waals surface area contributed by atoms with Crippen molar-refractivity contribution in [3.8, 4) is 12.1 Å². The zero-order chi connectivity index (χ0) is 14.5. The first-order valence-corrected chi connectivity index (χ1v) is 6.62. The van der Waals surface area contributed by atoms with Gasteiger partial charge in [-0.3, -0.25) is 4.79 Å². The molecule has 0 aromatic rings. The van der Waals surface area contributed by atoms with Gasteiger partial charge in [0, 0.05) is 0 Å². The monoisotopic (exact) mass is 264 g/mol. The molecule has 1 heterocycles. The van der Waals surface area contributed by atoms with Crippen LogP contribution < -0.4 is 0 Å². The summed E-state index contributed by atoms with van der Waals surface area (Å²) in [5, 5.41) is 18.5. The number of rotatable bonds is 4. The molecular formula is C14H20N2O3. The van der Waals surface area contributed by atoms with E-state index in [-0.39, 0.29) is 19.1 Å². The molecule has 104 valence electrons. The zero-order valence-electron chi connectivity index (χ0n) is 11.7. The van der Waals surface area contributed by atoms with Gasteiger partial charge in [0.05, 0.1) is 31.3 Å². The second-order valence-electron chi connectivity index (χ2n) is 5.15. The van der Waals surface area contributed by atoms with E-state index in [1.807, 2.05) is 26.0 Å². The molecule has 0 N–H and O–H groups in total. The lowest BCUT2D eigenvalue weighted by molar-refractivity contribution is -0.156. The van der Waals surface area contributed by atoms with Crippen LogP contribution >= 0.6 is 0 Å². The molecule has 5 heteroatoms. The van der Waals surface area contributed by atoms with Crippen LogP contribution in [-0.2, 0) is 14.3 Å². The van der Waals surface area contributed by atoms with Gasteiger partial charge in [-0.1, -0.05) is 13.8 Å². The van der Waals surface area contributed by atoms with Crippen molar-refractivity contribution >= 4 is 5.97 Å². The fourth-order valence-electron chi connectivity index (χ4n) is 2.29. The number of carbonyl (C=O) groups is 1. The van der Waals surface area contributed by atoms with Crippen LogP contribution in [0.15, 0.2) is 0 Å². The Morgan fingerprint density at radius 2 is 2.11 bits per heavy atom. The van der Waals surface area contributed by atoms with Crippen molar-refractivity contribution in [2.45, 2.75) is 52.2 Å². The van der Waals surface area contributed by atoms with E-state index in [0.717, 1.165) is 0 Å². The van der Waals surface area contributed by atoms with Crippen molar-refractivity contribution in [2.75, 3.05) is 6.61 Å². The molecule has 0 spiro atoms. The molecule has 1 saturated heterocycles. The summed E-state index contributed by atoms with van der Waals surface area (Å²) in [4.78, 5) is 11.6. The summed E-state index contributed by atoms with van der Waals surface area (Å²) >= 11 is 0. The molecule has 1 fully saturated rings. The minimum Gasteiger partial charge on any atom is -0.466 e. The average molecular weight is 264 g/mol. The van der Waals surface area contributed by atoms with E-state index >= 15 is 0 Å². The minimum atomic E-state index is -1.24. The maximum atomic E-state index is 11.6. The SMILES string of the molecule is CCOC(=O)C[C@H]1O[C@@H](C(C)C)CCC1(C#N)C#N. The van der Waals surface area contributed by atoms with Gasteiger partial charge in [0.25, 0.3) is 0 Å². The average Bonchev–Trinajstić information content (AvgIpc) is 2.39. The molecule has 0 amide bonds. The Hall–Kier alpha value is -1.59. The molecule has 0 unspecified atom stereocenters. The van der Waals surface area contributed by atoms with Gasteiger partial charge >= 0.3 is 5.97 Å². The fraction of sp³-hybridized carbons (Fsp3) is 0.786. The van der Waals surface area contributed by atoms with E-state index in [4.69, 9.17) is 9.47 Å². The molecule has 1 aliphatic heterocycles. The second kappa shape index (κ2) is 6.54. The Morgan fingerprint density at radius 1 is 1.47 bits per heavy atom. The van der Waals surface area contributed by atoms with Crippen molar-refractivity contribution in [1.29, 1.82) is 10.5 Å². The molecule has 0 aliphatic carbocycles. The second-order valence-corrected chi connectivity index (χ2v) is 5.15. The fourth-order valence-corrected chi connectivity index (χ4v) is 2.29. The van der Waals surface area contributed by atoms with Gasteiger partial charge < -0.3 is 9.47 Å². The van der Waals surface area contributed by atoms with Gasteiger partial charge in [0.1, 0.15) is 6.10 Å². The van der Waals surface area contributed by atoms with Crippen molar-refractivity contribution in [1.82, 2.24) is 0 Å². The Kier molecular flexibility index (Phi) is 5.32. The first-order chi connectivity index (χ1) is 8.99. The predicted octanol–water partition coefficient (Wildman–Crippen LogP) is 2.18. The van der Waals surface area contributed by atoms with Gasteiger partial charge in [-0.05, 0) is 25.7 Å². The van der Waals surface area contributed by atoms with E-state index in [1.54, 1.807) is 6.92 Å². The maximum absolute atomic E-state index is 11.6. The first-order valence-electron chi connectivity index (χ1n) is 6.62. The third kappa shape index (κ3) is 3.45. The summed E-state index contributed by atoms with van der Waals surface area (Å²) < 4.78 is 10.7. The summed E-state index contributed by atoms with van der Waals surface area (Å²) in [6, 6.07) is 4.06. The highest BCUT2D eigenvalue weighted by Crippen LogP contribution is 2.39. The molecule has 5 nitrogen and oxygen atoms in total. The molecular weight excluding hydrogens is 244 g/mol. The number of hydrogen-bond donors (Lipinski definition) is 0. The maximum Gasteiger partial charge on any atom is 0.308 e. The Bertz CT molecular complexity index is 392. The number of nitrogens with zero attached hydrogens (tertiary/aromatic N) is 2. The Morgan fingerprint density at radius 3 is 2.58 bits per heavy atom. The van der Waals surface area contributed by atoms with Crippen LogP contribution in [0.4, 0.5) is 0 Å². The van der Waals surface area contributed by atoms with Gasteiger partial charge in [-0.15, -0.1) is 0 Å². The summed E-state index contributed by atoms with van der Waals surface area (Å²) in [5.74, 6) is -0.133.